The molecule has 0 fully saturated rings. The molecule has 0 amide bonds. The number of halogens is 2. The van der Waals surface area contributed by atoms with Gasteiger partial charge >= 0.3 is 0 Å². The van der Waals surface area contributed by atoms with Crippen LogP contribution in [0.2, 0.25) is 0 Å². The van der Waals surface area contributed by atoms with Gasteiger partial charge in [0.15, 0.2) is 0 Å². The average molecular weight is 161 g/mol. The van der Waals surface area contributed by atoms with E-state index in [9.17, 15) is 4.39 Å². The average Bonchev–Trinajstić information content (AvgIpc) is 1.87. The van der Waals surface area contributed by atoms with Crippen molar-refractivity contribution in [3.63, 3.8) is 0 Å². The summed E-state index contributed by atoms with van der Waals surface area (Å²) < 4.78 is 12.3. The van der Waals surface area contributed by atoms with E-state index in [0.29, 0.717) is 0 Å². The standard InChI is InChI=1S/C8H10ClF/c1-4-6(2)5-8(9)7(3)10/h4-5H,1H2,2-3H3/b6-5-,8-7-. The van der Waals surface area contributed by atoms with E-state index in [1.165, 1.54) is 13.0 Å². The van der Waals surface area contributed by atoms with E-state index in [1.807, 2.05) is 0 Å². The molecule has 0 aromatic carbocycles. The molecule has 2 heteroatoms. The van der Waals surface area contributed by atoms with Crippen LogP contribution in [0.5, 0.6) is 0 Å². The van der Waals surface area contributed by atoms with Crippen molar-refractivity contribution >= 4 is 11.6 Å². The van der Waals surface area contributed by atoms with E-state index in [2.05, 4.69) is 6.58 Å². The number of rotatable bonds is 2. The molecule has 0 radical (unpaired) electrons. The molecule has 0 aliphatic carbocycles. The van der Waals surface area contributed by atoms with Crippen LogP contribution in [-0.2, 0) is 0 Å². The van der Waals surface area contributed by atoms with Gasteiger partial charge in [0, 0.05) is 0 Å². The van der Waals surface area contributed by atoms with Crippen LogP contribution in [-0.4, -0.2) is 0 Å². The Morgan fingerprint density at radius 2 is 2.00 bits per heavy atom. The summed E-state index contributed by atoms with van der Waals surface area (Å²) in [5.74, 6) is -0.372. The largest absolute Gasteiger partial charge is 0.211 e. The highest BCUT2D eigenvalue weighted by Gasteiger charge is 1.92. The monoisotopic (exact) mass is 160 g/mol. The van der Waals surface area contributed by atoms with E-state index in [0.717, 1.165) is 5.57 Å². The second kappa shape index (κ2) is 4.29. The van der Waals surface area contributed by atoms with Gasteiger partial charge in [-0.1, -0.05) is 29.8 Å². The van der Waals surface area contributed by atoms with Gasteiger partial charge in [-0.3, -0.25) is 0 Å². The van der Waals surface area contributed by atoms with Gasteiger partial charge in [-0.05, 0) is 19.9 Å². The summed E-state index contributed by atoms with van der Waals surface area (Å²) >= 11 is 5.47. The Kier molecular flexibility index (Phi) is 4.05. The highest BCUT2D eigenvalue weighted by molar-refractivity contribution is 6.31. The third-order valence-corrected chi connectivity index (χ3v) is 1.37. The summed E-state index contributed by atoms with van der Waals surface area (Å²) in [5, 5.41) is 0.136. The first-order valence-corrected chi connectivity index (χ1v) is 3.28. The molecule has 0 bridgehead atoms. The Labute approximate surface area is 65.7 Å². The highest BCUT2D eigenvalue weighted by atomic mass is 35.5. The Balaban J connectivity index is 4.42. The maximum absolute atomic E-state index is 12.3. The minimum Gasteiger partial charge on any atom is -0.211 e. The molecule has 0 unspecified atom stereocenters. The Bertz CT molecular complexity index is 185. The second-order valence-electron chi connectivity index (χ2n) is 1.97. The maximum Gasteiger partial charge on any atom is 0.115 e. The molecule has 10 heavy (non-hydrogen) atoms. The number of allylic oxidation sites excluding steroid dienone is 5. The Hall–Kier alpha value is -0.560. The lowest BCUT2D eigenvalue weighted by Crippen LogP contribution is -1.71. The summed E-state index contributed by atoms with van der Waals surface area (Å²) in [6.45, 7) is 6.62. The summed E-state index contributed by atoms with van der Waals surface area (Å²) in [5.41, 5.74) is 0.849. The van der Waals surface area contributed by atoms with Crippen molar-refractivity contribution in [2.24, 2.45) is 0 Å². The lowest BCUT2D eigenvalue weighted by Gasteiger charge is -1.91. The van der Waals surface area contributed by atoms with Crippen molar-refractivity contribution in [1.29, 1.82) is 0 Å². The van der Waals surface area contributed by atoms with E-state index < -0.39 is 0 Å². The van der Waals surface area contributed by atoms with Crippen LogP contribution in [0.1, 0.15) is 13.8 Å². The molecular weight excluding hydrogens is 151 g/mol. The first kappa shape index (κ1) is 9.44. The minimum absolute atomic E-state index is 0.136. The topological polar surface area (TPSA) is 0 Å². The fraction of sp³-hybridized carbons (Fsp3) is 0.250. The maximum atomic E-state index is 12.3. The normalized spacial score (nSPS) is 14.6. The lowest BCUT2D eigenvalue weighted by molar-refractivity contribution is 0.638. The van der Waals surface area contributed by atoms with E-state index >= 15 is 0 Å². The third kappa shape index (κ3) is 3.46. The van der Waals surface area contributed by atoms with Crippen LogP contribution in [0.3, 0.4) is 0 Å². The van der Waals surface area contributed by atoms with Gasteiger partial charge in [0.2, 0.25) is 0 Å². The van der Waals surface area contributed by atoms with Crippen molar-refractivity contribution in [3.05, 3.63) is 35.2 Å². The highest BCUT2D eigenvalue weighted by Crippen LogP contribution is 2.13. The Morgan fingerprint density at radius 3 is 2.30 bits per heavy atom. The van der Waals surface area contributed by atoms with Crippen molar-refractivity contribution in [2.75, 3.05) is 0 Å². The third-order valence-electron chi connectivity index (χ3n) is 1.01. The molecule has 0 saturated carbocycles. The van der Waals surface area contributed by atoms with Gasteiger partial charge in [0.25, 0.3) is 0 Å². The van der Waals surface area contributed by atoms with Crippen LogP contribution in [0.25, 0.3) is 0 Å². The number of hydrogen-bond donors (Lipinski definition) is 0. The molecule has 0 aromatic rings. The van der Waals surface area contributed by atoms with Crippen molar-refractivity contribution in [3.8, 4) is 0 Å². The molecule has 0 aliphatic rings. The summed E-state index contributed by atoms with van der Waals surface area (Å²) in [6, 6.07) is 0. The molecule has 0 rings (SSSR count). The van der Waals surface area contributed by atoms with Crippen LogP contribution in [0.4, 0.5) is 4.39 Å². The molecular formula is C8H10ClF. The van der Waals surface area contributed by atoms with Crippen molar-refractivity contribution in [2.45, 2.75) is 13.8 Å². The summed E-state index contributed by atoms with van der Waals surface area (Å²) in [4.78, 5) is 0. The predicted molar refractivity (Wildman–Crippen MR) is 43.6 cm³/mol. The predicted octanol–water partition coefficient (Wildman–Crippen LogP) is 3.56. The van der Waals surface area contributed by atoms with E-state index in [4.69, 9.17) is 11.6 Å². The molecule has 0 aromatic heterocycles. The fourth-order valence-electron chi connectivity index (χ4n) is 0.358. The van der Waals surface area contributed by atoms with Gasteiger partial charge in [0.05, 0.1) is 5.03 Å². The van der Waals surface area contributed by atoms with E-state index in [1.54, 1.807) is 13.0 Å². The zero-order valence-electron chi connectivity index (χ0n) is 6.12. The van der Waals surface area contributed by atoms with Crippen LogP contribution >= 0.6 is 11.6 Å². The fourth-order valence-corrected chi connectivity index (χ4v) is 0.530. The SMILES string of the molecule is C=C/C(C)=C\C(Cl)=C(/C)F. The molecule has 0 heterocycles. The summed E-state index contributed by atoms with van der Waals surface area (Å²) in [6.07, 6.45) is 3.15. The van der Waals surface area contributed by atoms with Gasteiger partial charge < -0.3 is 0 Å². The van der Waals surface area contributed by atoms with Gasteiger partial charge in [-0.2, -0.15) is 0 Å². The first-order valence-electron chi connectivity index (χ1n) is 2.90. The zero-order valence-corrected chi connectivity index (χ0v) is 6.87. The van der Waals surface area contributed by atoms with Gasteiger partial charge in [0.1, 0.15) is 5.83 Å². The molecule has 0 spiro atoms. The molecule has 0 aliphatic heterocycles. The molecule has 56 valence electrons. The zero-order chi connectivity index (χ0) is 8.15. The van der Waals surface area contributed by atoms with E-state index in [-0.39, 0.29) is 10.9 Å². The van der Waals surface area contributed by atoms with Crippen LogP contribution in [0, 0.1) is 0 Å². The number of hydrogen-bond acceptors (Lipinski definition) is 0. The van der Waals surface area contributed by atoms with Crippen molar-refractivity contribution < 1.29 is 4.39 Å². The summed E-state index contributed by atoms with van der Waals surface area (Å²) in [7, 11) is 0. The smallest absolute Gasteiger partial charge is 0.115 e. The van der Waals surface area contributed by atoms with Gasteiger partial charge in [-0.15, -0.1) is 0 Å². The first-order chi connectivity index (χ1) is 4.57. The lowest BCUT2D eigenvalue weighted by atomic mass is 10.3. The molecule has 0 nitrogen and oxygen atoms in total. The van der Waals surface area contributed by atoms with Crippen molar-refractivity contribution in [1.82, 2.24) is 0 Å². The quantitative estimate of drug-likeness (QED) is 0.542. The van der Waals surface area contributed by atoms with Gasteiger partial charge in [-0.25, -0.2) is 4.39 Å². The molecule has 0 saturated heterocycles. The minimum atomic E-state index is -0.372. The van der Waals surface area contributed by atoms with Crippen LogP contribution < -0.4 is 0 Å². The molecule has 0 N–H and O–H groups in total. The molecule has 0 atom stereocenters. The second-order valence-corrected chi connectivity index (χ2v) is 2.38. The Morgan fingerprint density at radius 1 is 1.50 bits per heavy atom. The van der Waals surface area contributed by atoms with Crippen LogP contribution in [0.15, 0.2) is 35.2 Å².